The predicted molar refractivity (Wildman–Crippen MR) is 131 cm³/mol. The average molecular weight is 537 g/mol. The maximum absolute atomic E-state index is 12.6. The fourth-order valence-electron chi connectivity index (χ4n) is 4.06. The average Bonchev–Trinajstić information content (AvgIpc) is 2.85. The molecule has 0 saturated carbocycles. The zero-order valence-electron chi connectivity index (χ0n) is 20.0. The van der Waals surface area contributed by atoms with Crippen molar-refractivity contribution in [2.24, 2.45) is 0 Å². The molecule has 1 aliphatic rings. The van der Waals surface area contributed by atoms with Crippen molar-refractivity contribution in [2.75, 3.05) is 13.7 Å². The van der Waals surface area contributed by atoms with Crippen LogP contribution in [0.5, 0.6) is 23.0 Å². The molecule has 1 aliphatic heterocycles. The number of aliphatic carboxylic acids is 1. The van der Waals surface area contributed by atoms with Crippen molar-refractivity contribution >= 4 is 35.0 Å². The number of hydrogen-bond donors (Lipinski definition) is 0. The van der Waals surface area contributed by atoms with Crippen molar-refractivity contribution in [3.05, 3.63) is 81.3 Å². The van der Waals surface area contributed by atoms with Crippen LogP contribution in [0.1, 0.15) is 46.7 Å². The number of carboxylic acids is 1. The molecule has 1 atom stereocenters. The number of methoxy groups -OCH3 is 1. The molecule has 36 heavy (non-hydrogen) atoms. The molecule has 0 spiro atoms. The van der Waals surface area contributed by atoms with Crippen LogP contribution in [-0.2, 0) is 11.2 Å². The topological polar surface area (TPSA) is 84.9 Å². The van der Waals surface area contributed by atoms with E-state index in [4.69, 9.17) is 37.4 Å². The van der Waals surface area contributed by atoms with Crippen LogP contribution in [0.25, 0.3) is 0 Å². The molecule has 1 heterocycles. The molecule has 182 valence electrons. The van der Waals surface area contributed by atoms with Crippen LogP contribution >= 0.6 is 23.2 Å². The minimum Gasteiger partial charge on any atom is -0.549 e. The van der Waals surface area contributed by atoms with Gasteiger partial charge in [0.25, 0.3) is 0 Å². The van der Waals surface area contributed by atoms with E-state index in [1.54, 1.807) is 49.6 Å². The summed E-state index contributed by atoms with van der Waals surface area (Å²) in [6, 6.07) is 15.4. The largest absolute Gasteiger partial charge is 1.00 e. The summed E-state index contributed by atoms with van der Waals surface area (Å²) in [6.07, 6.45) is 2.09. The van der Waals surface area contributed by atoms with Crippen LogP contribution in [0.4, 0.5) is 0 Å². The van der Waals surface area contributed by atoms with E-state index in [-0.39, 0.29) is 47.0 Å². The van der Waals surface area contributed by atoms with Crippen LogP contribution in [0.2, 0.25) is 10.0 Å². The van der Waals surface area contributed by atoms with E-state index < -0.39 is 11.9 Å². The number of Topliss-reactive ketones (excluding diaryl/α,β-unsaturated/α-hetero) is 1. The molecule has 0 aromatic heterocycles. The van der Waals surface area contributed by atoms with E-state index in [9.17, 15) is 14.7 Å². The number of carboxylic acid groups (broad SMARTS) is 1. The molecule has 0 bridgehead atoms. The summed E-state index contributed by atoms with van der Waals surface area (Å²) >= 11 is 12.3. The Morgan fingerprint density at radius 2 is 1.81 bits per heavy atom. The molecule has 4 rings (SSSR count). The van der Waals surface area contributed by atoms with Crippen molar-refractivity contribution in [1.82, 2.24) is 0 Å². The number of aryl methyl sites for hydroxylation is 1. The molecule has 0 N–H and O–H groups in total. The summed E-state index contributed by atoms with van der Waals surface area (Å²) < 4.78 is 16.8. The Labute approximate surface area is 241 Å². The first-order chi connectivity index (χ1) is 16.9. The van der Waals surface area contributed by atoms with E-state index in [0.29, 0.717) is 64.8 Å². The predicted octanol–water partition coefficient (Wildman–Crippen LogP) is 2.62. The number of carbonyl (C=O) groups is 2. The van der Waals surface area contributed by atoms with Gasteiger partial charge in [-0.15, -0.1) is 0 Å². The molecule has 3 aromatic carbocycles. The van der Waals surface area contributed by atoms with Crippen LogP contribution in [0.15, 0.2) is 54.6 Å². The molecule has 0 radical (unpaired) electrons. The first-order valence-corrected chi connectivity index (χ1v) is 11.9. The fraction of sp³-hybridized carbons (Fsp3) is 0.259. The summed E-state index contributed by atoms with van der Waals surface area (Å²) in [6.45, 7) is 0.272. The number of rotatable bonds is 9. The van der Waals surface area contributed by atoms with E-state index in [0.717, 1.165) is 5.56 Å². The Morgan fingerprint density at radius 1 is 1.06 bits per heavy atom. The molecule has 0 aliphatic carbocycles. The normalized spacial score (nSPS) is 14.1. The molecule has 0 fully saturated rings. The van der Waals surface area contributed by atoms with Gasteiger partial charge < -0.3 is 24.1 Å². The number of ketones is 1. The van der Waals surface area contributed by atoms with Gasteiger partial charge in [0.05, 0.1) is 18.7 Å². The quantitative estimate of drug-likeness (QED) is 0.308. The van der Waals surface area contributed by atoms with Crippen molar-refractivity contribution in [3.63, 3.8) is 0 Å². The Morgan fingerprint density at radius 3 is 2.50 bits per heavy atom. The number of benzene rings is 3. The summed E-state index contributed by atoms with van der Waals surface area (Å²) in [5.41, 5.74) is 2.06. The third-order valence-electron chi connectivity index (χ3n) is 5.89. The van der Waals surface area contributed by atoms with Crippen LogP contribution in [-0.4, -0.2) is 25.5 Å². The summed E-state index contributed by atoms with van der Waals surface area (Å²) in [5, 5.41) is 12.3. The van der Waals surface area contributed by atoms with Crippen LogP contribution < -0.4 is 48.9 Å². The molecule has 0 amide bonds. The molecular weight excluding hydrogens is 514 g/mol. The number of ether oxygens (including phenoxy) is 3. The van der Waals surface area contributed by atoms with Gasteiger partial charge in [-0.25, -0.2) is 0 Å². The van der Waals surface area contributed by atoms with Crippen LogP contribution in [0, 0.1) is 0 Å². The number of halogens is 2. The number of fused-ring (bicyclic) bond motifs is 1. The van der Waals surface area contributed by atoms with Crippen molar-refractivity contribution in [3.8, 4) is 23.0 Å². The van der Waals surface area contributed by atoms with E-state index in [1.807, 2.05) is 12.1 Å². The monoisotopic (exact) mass is 536 g/mol. The third-order valence-corrected chi connectivity index (χ3v) is 6.42. The van der Waals surface area contributed by atoms with E-state index >= 15 is 0 Å². The maximum atomic E-state index is 12.6. The van der Waals surface area contributed by atoms with Gasteiger partial charge in [-0.2, -0.15) is 0 Å². The first-order valence-electron chi connectivity index (χ1n) is 11.2. The van der Waals surface area contributed by atoms with Gasteiger partial charge in [-0.05, 0) is 67.3 Å². The smallest absolute Gasteiger partial charge is 0.549 e. The van der Waals surface area contributed by atoms with E-state index in [1.165, 1.54) is 0 Å². The molecule has 6 nitrogen and oxygen atoms in total. The van der Waals surface area contributed by atoms with Crippen molar-refractivity contribution < 1.29 is 58.5 Å². The Hall–Kier alpha value is -2.22. The van der Waals surface area contributed by atoms with Gasteiger partial charge in [-0.3, -0.25) is 4.79 Å². The second kappa shape index (κ2) is 12.8. The van der Waals surface area contributed by atoms with Crippen LogP contribution in [0.3, 0.4) is 0 Å². The van der Waals surface area contributed by atoms with Crippen molar-refractivity contribution in [1.29, 1.82) is 0 Å². The Balaban J connectivity index is 0.00000361. The van der Waals surface area contributed by atoms with Gasteiger partial charge in [0.2, 0.25) is 0 Å². The fourth-order valence-corrected chi connectivity index (χ4v) is 4.43. The molecule has 9 heteroatoms. The summed E-state index contributed by atoms with van der Waals surface area (Å²) in [7, 11) is 1.60. The van der Waals surface area contributed by atoms with Gasteiger partial charge in [0.1, 0.15) is 23.0 Å². The summed E-state index contributed by atoms with van der Waals surface area (Å²) in [4.78, 5) is 24.0. The van der Waals surface area contributed by atoms with Gasteiger partial charge in [0.15, 0.2) is 5.78 Å². The second-order valence-corrected chi connectivity index (χ2v) is 9.03. The molecule has 3 aromatic rings. The Bertz CT molecular complexity index is 1250. The number of carbonyl (C=O) groups excluding carboxylic acids is 2. The molecular formula is C27H23Cl2NaO6. The third kappa shape index (κ3) is 6.75. The molecule has 1 unspecified atom stereocenters. The SMILES string of the molecule is COc1cc(Cl)ccc1CCCC(=O)c1ccc(Oc2cc3c(cc2Cl)C(C(=O)[O-])CCO3)cc1.[Na+]. The minimum atomic E-state index is -1.16. The second-order valence-electron chi connectivity index (χ2n) is 8.19. The molecule has 0 saturated heterocycles. The zero-order chi connectivity index (χ0) is 24.9. The standard InChI is InChI=1S/C27H24Cl2O6.Na/c1-33-24-13-18(28)8-5-17(24)3-2-4-23(30)16-6-9-19(10-7-16)35-26-15-25-21(14-22(26)29)20(27(31)32)11-12-34-25;/h5-10,13-15,20H,2-4,11-12H2,1H3,(H,31,32);/q;+1/p-1. The van der Waals surface area contributed by atoms with Crippen molar-refractivity contribution in [2.45, 2.75) is 31.6 Å². The Kier molecular flexibility index (Phi) is 10.1. The maximum Gasteiger partial charge on any atom is 1.00 e. The van der Waals surface area contributed by atoms with Gasteiger partial charge >= 0.3 is 29.6 Å². The van der Waals surface area contributed by atoms with E-state index in [2.05, 4.69) is 0 Å². The zero-order valence-corrected chi connectivity index (χ0v) is 23.5. The van der Waals surface area contributed by atoms with Gasteiger partial charge in [-0.1, -0.05) is 29.3 Å². The minimum absolute atomic E-state index is 0. The summed E-state index contributed by atoms with van der Waals surface area (Å²) in [5.74, 6) is 0.0463. The number of hydrogen-bond acceptors (Lipinski definition) is 6. The first kappa shape index (κ1) is 28.4. The van der Waals surface area contributed by atoms with Gasteiger partial charge in [0, 0.05) is 40.5 Å².